The van der Waals surface area contributed by atoms with Crippen LogP contribution in [0, 0.1) is 18.8 Å². The Kier molecular flexibility index (Phi) is 5.87. The highest BCUT2D eigenvalue weighted by Gasteiger charge is 2.15. The van der Waals surface area contributed by atoms with Gasteiger partial charge in [-0.1, -0.05) is 38.5 Å². The second-order valence-corrected chi connectivity index (χ2v) is 5.84. The van der Waals surface area contributed by atoms with E-state index in [1.807, 2.05) is 36.1 Å². The van der Waals surface area contributed by atoms with Crippen LogP contribution in [0.25, 0.3) is 0 Å². The molecule has 0 saturated heterocycles. The number of aliphatic carboxylic acids is 1. The van der Waals surface area contributed by atoms with Crippen molar-refractivity contribution in [2.75, 3.05) is 18.0 Å². The minimum Gasteiger partial charge on any atom is -0.480 e. The summed E-state index contributed by atoms with van der Waals surface area (Å²) in [5.41, 5.74) is 2.18. The average molecular weight is 263 g/mol. The minimum atomic E-state index is -0.780. The van der Waals surface area contributed by atoms with E-state index in [1.165, 1.54) is 5.56 Å². The third-order valence-electron chi connectivity index (χ3n) is 3.13. The standard InChI is InChI=1S/C16H25NO2/c1-12(2)9-14(4)10-17(11-16(18)19)15-7-5-13(3)6-8-15/h5-8,12,14H,9-11H2,1-4H3,(H,18,19). The van der Waals surface area contributed by atoms with Crippen molar-refractivity contribution in [1.82, 2.24) is 0 Å². The van der Waals surface area contributed by atoms with Gasteiger partial charge in [-0.2, -0.15) is 0 Å². The van der Waals surface area contributed by atoms with Gasteiger partial charge in [0.05, 0.1) is 0 Å². The molecule has 106 valence electrons. The van der Waals surface area contributed by atoms with E-state index in [2.05, 4.69) is 20.8 Å². The van der Waals surface area contributed by atoms with Crippen LogP contribution in [0.15, 0.2) is 24.3 Å². The number of aryl methyl sites for hydroxylation is 1. The van der Waals surface area contributed by atoms with Crippen LogP contribution in [0.3, 0.4) is 0 Å². The van der Waals surface area contributed by atoms with Crippen LogP contribution in [0.2, 0.25) is 0 Å². The summed E-state index contributed by atoms with van der Waals surface area (Å²) < 4.78 is 0. The summed E-state index contributed by atoms with van der Waals surface area (Å²) in [7, 11) is 0. The zero-order chi connectivity index (χ0) is 14.4. The molecule has 0 bridgehead atoms. The van der Waals surface area contributed by atoms with E-state index in [9.17, 15) is 4.79 Å². The van der Waals surface area contributed by atoms with Crippen molar-refractivity contribution < 1.29 is 9.90 Å². The lowest BCUT2D eigenvalue weighted by molar-refractivity contribution is -0.135. The highest BCUT2D eigenvalue weighted by Crippen LogP contribution is 2.19. The summed E-state index contributed by atoms with van der Waals surface area (Å²) in [5, 5.41) is 9.05. The van der Waals surface area contributed by atoms with E-state index in [0.29, 0.717) is 11.8 Å². The normalized spacial score (nSPS) is 12.5. The fourth-order valence-corrected chi connectivity index (χ4v) is 2.44. The fraction of sp³-hybridized carbons (Fsp3) is 0.562. The number of carbonyl (C=O) groups is 1. The lowest BCUT2D eigenvalue weighted by Crippen LogP contribution is -2.33. The van der Waals surface area contributed by atoms with Gasteiger partial charge < -0.3 is 10.0 Å². The van der Waals surface area contributed by atoms with Gasteiger partial charge in [0.2, 0.25) is 0 Å². The van der Waals surface area contributed by atoms with Crippen molar-refractivity contribution in [3.63, 3.8) is 0 Å². The Morgan fingerprint density at radius 3 is 2.26 bits per heavy atom. The molecule has 0 aliphatic rings. The van der Waals surface area contributed by atoms with E-state index in [0.717, 1.165) is 18.7 Å². The van der Waals surface area contributed by atoms with Crippen molar-refractivity contribution in [3.8, 4) is 0 Å². The van der Waals surface area contributed by atoms with Crippen LogP contribution >= 0.6 is 0 Å². The second kappa shape index (κ2) is 7.17. The molecule has 1 N–H and O–H groups in total. The lowest BCUT2D eigenvalue weighted by Gasteiger charge is -2.27. The smallest absolute Gasteiger partial charge is 0.323 e. The van der Waals surface area contributed by atoms with E-state index in [-0.39, 0.29) is 6.54 Å². The second-order valence-electron chi connectivity index (χ2n) is 5.84. The Morgan fingerprint density at radius 2 is 1.79 bits per heavy atom. The van der Waals surface area contributed by atoms with Gasteiger partial charge in [-0.15, -0.1) is 0 Å². The maximum absolute atomic E-state index is 11.0. The first kappa shape index (κ1) is 15.5. The number of carboxylic acids is 1. The Hall–Kier alpha value is -1.51. The molecule has 0 saturated carbocycles. The van der Waals surface area contributed by atoms with Crippen molar-refractivity contribution in [2.24, 2.45) is 11.8 Å². The molecule has 0 radical (unpaired) electrons. The molecular weight excluding hydrogens is 238 g/mol. The Labute approximate surface area is 116 Å². The molecule has 1 aromatic carbocycles. The quantitative estimate of drug-likeness (QED) is 0.817. The molecule has 0 aliphatic carbocycles. The zero-order valence-electron chi connectivity index (χ0n) is 12.4. The van der Waals surface area contributed by atoms with E-state index >= 15 is 0 Å². The first-order chi connectivity index (χ1) is 8.88. The van der Waals surface area contributed by atoms with E-state index in [4.69, 9.17) is 5.11 Å². The monoisotopic (exact) mass is 263 g/mol. The molecule has 0 spiro atoms. The van der Waals surface area contributed by atoms with Gasteiger partial charge in [0.25, 0.3) is 0 Å². The van der Waals surface area contributed by atoms with Crippen molar-refractivity contribution >= 4 is 11.7 Å². The average Bonchev–Trinajstić information content (AvgIpc) is 2.27. The van der Waals surface area contributed by atoms with Crippen LogP contribution in [0.1, 0.15) is 32.8 Å². The SMILES string of the molecule is Cc1ccc(N(CC(=O)O)CC(C)CC(C)C)cc1. The predicted molar refractivity (Wildman–Crippen MR) is 79.6 cm³/mol. The van der Waals surface area contributed by atoms with Crippen LogP contribution in [-0.2, 0) is 4.79 Å². The number of nitrogens with zero attached hydrogens (tertiary/aromatic N) is 1. The van der Waals surface area contributed by atoms with Gasteiger partial charge in [0, 0.05) is 12.2 Å². The molecule has 1 rings (SSSR count). The fourth-order valence-electron chi connectivity index (χ4n) is 2.44. The number of carboxylic acid groups (broad SMARTS) is 1. The maximum Gasteiger partial charge on any atom is 0.323 e. The molecule has 0 aromatic heterocycles. The largest absolute Gasteiger partial charge is 0.480 e. The molecule has 0 heterocycles. The van der Waals surface area contributed by atoms with Gasteiger partial charge in [-0.05, 0) is 37.3 Å². The molecule has 0 amide bonds. The molecule has 19 heavy (non-hydrogen) atoms. The third-order valence-corrected chi connectivity index (χ3v) is 3.13. The van der Waals surface area contributed by atoms with Crippen molar-refractivity contribution in [2.45, 2.75) is 34.1 Å². The molecular formula is C16H25NO2. The van der Waals surface area contributed by atoms with Crippen molar-refractivity contribution in [1.29, 1.82) is 0 Å². The summed E-state index contributed by atoms with van der Waals surface area (Å²) in [4.78, 5) is 13.0. The van der Waals surface area contributed by atoms with Gasteiger partial charge in [0.15, 0.2) is 0 Å². The zero-order valence-corrected chi connectivity index (χ0v) is 12.4. The van der Waals surface area contributed by atoms with E-state index in [1.54, 1.807) is 0 Å². The number of hydrogen-bond donors (Lipinski definition) is 1. The third kappa shape index (κ3) is 5.77. The lowest BCUT2D eigenvalue weighted by atomic mass is 9.98. The molecule has 0 aliphatic heterocycles. The molecule has 3 heteroatoms. The summed E-state index contributed by atoms with van der Waals surface area (Å²) in [6, 6.07) is 8.05. The summed E-state index contributed by atoms with van der Waals surface area (Å²) >= 11 is 0. The Balaban J connectivity index is 2.76. The van der Waals surface area contributed by atoms with Gasteiger partial charge in [0.1, 0.15) is 6.54 Å². The van der Waals surface area contributed by atoms with Gasteiger partial charge >= 0.3 is 5.97 Å². The van der Waals surface area contributed by atoms with Crippen LogP contribution in [0.4, 0.5) is 5.69 Å². The molecule has 1 unspecified atom stereocenters. The molecule has 0 fully saturated rings. The highest BCUT2D eigenvalue weighted by atomic mass is 16.4. The highest BCUT2D eigenvalue weighted by molar-refractivity contribution is 5.73. The summed E-state index contributed by atoms with van der Waals surface area (Å²) in [6.07, 6.45) is 1.11. The van der Waals surface area contributed by atoms with Crippen LogP contribution in [-0.4, -0.2) is 24.2 Å². The number of anilines is 1. The van der Waals surface area contributed by atoms with Crippen LogP contribution < -0.4 is 4.90 Å². The Bertz CT molecular complexity index is 398. The molecule has 3 nitrogen and oxygen atoms in total. The van der Waals surface area contributed by atoms with Gasteiger partial charge in [-0.25, -0.2) is 0 Å². The first-order valence-electron chi connectivity index (χ1n) is 6.92. The minimum absolute atomic E-state index is 0.0610. The van der Waals surface area contributed by atoms with E-state index < -0.39 is 5.97 Å². The number of benzene rings is 1. The molecule has 1 atom stereocenters. The molecule has 1 aromatic rings. The maximum atomic E-state index is 11.0. The summed E-state index contributed by atoms with van der Waals surface area (Å²) in [5.74, 6) is 0.345. The number of hydrogen-bond acceptors (Lipinski definition) is 2. The van der Waals surface area contributed by atoms with Gasteiger partial charge in [-0.3, -0.25) is 4.79 Å². The predicted octanol–water partition coefficient (Wildman–Crippen LogP) is 3.57. The number of rotatable bonds is 7. The Morgan fingerprint density at radius 1 is 1.21 bits per heavy atom. The van der Waals surface area contributed by atoms with Crippen molar-refractivity contribution in [3.05, 3.63) is 29.8 Å². The summed E-state index contributed by atoms with van der Waals surface area (Å²) in [6.45, 7) is 9.46. The topological polar surface area (TPSA) is 40.5 Å². The van der Waals surface area contributed by atoms with Crippen LogP contribution in [0.5, 0.6) is 0 Å². The first-order valence-corrected chi connectivity index (χ1v) is 6.92.